The molecule has 0 aromatic heterocycles. The molecule has 8 heteroatoms. The van der Waals surface area contributed by atoms with Crippen molar-refractivity contribution < 1.29 is 23.1 Å². The Morgan fingerprint density at radius 3 is 2.41 bits per heavy atom. The molecule has 5 rings (SSSR count). The SMILES string of the molecule is CC(CCC(=O)NCC(=O)NS(=O)(=O)Cc1ccccc1)C1CCC2C3CCC4CC(O)CCC4(C)C3CCC12C. The first-order valence-corrected chi connectivity index (χ1v) is 17.6. The van der Waals surface area contributed by atoms with Gasteiger partial charge in [-0.25, -0.2) is 8.42 Å². The van der Waals surface area contributed by atoms with Crippen molar-refractivity contribution >= 4 is 21.8 Å². The molecule has 0 heterocycles. The van der Waals surface area contributed by atoms with Crippen LogP contribution in [0.5, 0.6) is 0 Å². The Balaban J connectivity index is 1.09. The molecule has 0 bridgehead atoms. The second-order valence-electron chi connectivity index (χ2n) is 14.4. The van der Waals surface area contributed by atoms with Crippen molar-refractivity contribution in [3.8, 4) is 0 Å². The minimum atomic E-state index is -3.82. The second kappa shape index (κ2) is 12.0. The third kappa shape index (κ3) is 6.39. The lowest BCUT2D eigenvalue weighted by Crippen LogP contribution is -2.54. The first-order valence-electron chi connectivity index (χ1n) is 15.9. The number of aliphatic hydroxyl groups is 1. The number of hydrogen-bond acceptors (Lipinski definition) is 5. The number of rotatable bonds is 9. The van der Waals surface area contributed by atoms with Crippen LogP contribution in [0.15, 0.2) is 30.3 Å². The van der Waals surface area contributed by atoms with Crippen LogP contribution in [0.4, 0.5) is 0 Å². The van der Waals surface area contributed by atoms with Crippen LogP contribution >= 0.6 is 0 Å². The minimum absolute atomic E-state index is 0.102. The standard InChI is InChI=1S/C33H50N2O5S/c1-22(9-14-30(37)34-20-31(38)35-41(39,40)21-23-7-5-4-6-8-23)27-12-13-28-26-11-10-24-19-25(36)15-17-32(24,2)29(26)16-18-33(27,28)3/h4-8,22,24-29,36H,9-21H2,1-3H3,(H,34,37)(H,35,38). The van der Waals surface area contributed by atoms with Gasteiger partial charge in [-0.1, -0.05) is 51.1 Å². The average Bonchev–Trinajstić information content (AvgIpc) is 3.28. The highest BCUT2D eigenvalue weighted by Crippen LogP contribution is 2.68. The van der Waals surface area contributed by atoms with E-state index in [0.717, 1.165) is 37.0 Å². The molecule has 7 nitrogen and oxygen atoms in total. The summed E-state index contributed by atoms with van der Waals surface area (Å²) in [4.78, 5) is 24.8. The number of nitrogens with one attached hydrogen (secondary N) is 2. The number of carbonyl (C=O) groups is 2. The van der Waals surface area contributed by atoms with E-state index in [-0.39, 0.29) is 24.3 Å². The first-order chi connectivity index (χ1) is 19.4. The molecule has 9 atom stereocenters. The number of benzene rings is 1. The average molecular weight is 587 g/mol. The van der Waals surface area contributed by atoms with E-state index >= 15 is 0 Å². The summed E-state index contributed by atoms with van der Waals surface area (Å²) in [5.41, 5.74) is 1.30. The summed E-state index contributed by atoms with van der Waals surface area (Å²) in [6, 6.07) is 8.69. The molecule has 0 radical (unpaired) electrons. The maximum Gasteiger partial charge on any atom is 0.252 e. The van der Waals surface area contributed by atoms with Gasteiger partial charge >= 0.3 is 0 Å². The lowest BCUT2D eigenvalue weighted by molar-refractivity contribution is -0.130. The van der Waals surface area contributed by atoms with Crippen LogP contribution in [0.3, 0.4) is 0 Å². The topological polar surface area (TPSA) is 113 Å². The zero-order valence-electron chi connectivity index (χ0n) is 25.1. The molecule has 0 spiro atoms. The lowest BCUT2D eigenvalue weighted by Gasteiger charge is -2.61. The van der Waals surface area contributed by atoms with Crippen molar-refractivity contribution in [2.75, 3.05) is 6.54 Å². The maximum absolute atomic E-state index is 12.6. The van der Waals surface area contributed by atoms with Gasteiger partial charge in [-0.3, -0.25) is 14.3 Å². The maximum atomic E-state index is 12.6. The van der Waals surface area contributed by atoms with Gasteiger partial charge in [0.15, 0.2) is 0 Å². The fourth-order valence-corrected chi connectivity index (χ4v) is 11.2. The molecule has 0 saturated heterocycles. The van der Waals surface area contributed by atoms with Crippen LogP contribution in [0.1, 0.15) is 97.0 Å². The number of amides is 2. The van der Waals surface area contributed by atoms with Gasteiger partial charge in [0.25, 0.3) is 5.91 Å². The third-order valence-electron chi connectivity index (χ3n) is 12.1. The largest absolute Gasteiger partial charge is 0.393 e. The highest BCUT2D eigenvalue weighted by molar-refractivity contribution is 7.89. The first kappa shape index (κ1) is 30.5. The normalized spacial score (nSPS) is 37.3. The number of fused-ring (bicyclic) bond motifs is 5. The second-order valence-corrected chi connectivity index (χ2v) is 16.1. The van der Waals surface area contributed by atoms with Gasteiger partial charge in [0.05, 0.1) is 18.4 Å². The van der Waals surface area contributed by atoms with Crippen molar-refractivity contribution in [2.24, 2.45) is 46.3 Å². The molecule has 4 aliphatic rings. The Morgan fingerprint density at radius 2 is 1.66 bits per heavy atom. The van der Waals surface area contributed by atoms with Crippen LogP contribution in [0.25, 0.3) is 0 Å². The fraction of sp³-hybridized carbons (Fsp3) is 0.758. The van der Waals surface area contributed by atoms with Crippen LogP contribution < -0.4 is 10.0 Å². The molecule has 0 aliphatic heterocycles. The van der Waals surface area contributed by atoms with Crippen molar-refractivity contribution in [2.45, 2.75) is 103 Å². The Kier molecular flexibility index (Phi) is 8.92. The predicted molar refractivity (Wildman–Crippen MR) is 160 cm³/mol. The van der Waals surface area contributed by atoms with E-state index in [4.69, 9.17) is 0 Å². The summed E-state index contributed by atoms with van der Waals surface area (Å²) in [5.74, 6) is 2.83. The molecule has 4 fully saturated rings. The molecular weight excluding hydrogens is 536 g/mol. The fourth-order valence-electron chi connectivity index (χ4n) is 10.1. The van der Waals surface area contributed by atoms with E-state index in [0.29, 0.717) is 40.6 Å². The monoisotopic (exact) mass is 586 g/mol. The predicted octanol–water partition coefficient (Wildman–Crippen LogP) is 5.18. The van der Waals surface area contributed by atoms with Gasteiger partial charge in [-0.2, -0.15) is 0 Å². The summed E-state index contributed by atoms with van der Waals surface area (Å²) < 4.78 is 26.6. The summed E-state index contributed by atoms with van der Waals surface area (Å²) in [6.45, 7) is 7.02. The van der Waals surface area contributed by atoms with E-state index in [1.165, 1.54) is 44.9 Å². The molecule has 228 valence electrons. The Hall–Kier alpha value is -1.93. The van der Waals surface area contributed by atoms with Gasteiger partial charge in [0.2, 0.25) is 15.9 Å². The minimum Gasteiger partial charge on any atom is -0.393 e. The highest BCUT2D eigenvalue weighted by atomic mass is 32.2. The summed E-state index contributed by atoms with van der Waals surface area (Å²) in [6.07, 6.45) is 11.8. The van der Waals surface area contributed by atoms with E-state index in [2.05, 4.69) is 30.8 Å². The Labute approximate surface area is 246 Å². The summed E-state index contributed by atoms with van der Waals surface area (Å²) in [5, 5.41) is 12.9. The zero-order valence-corrected chi connectivity index (χ0v) is 25.9. The van der Waals surface area contributed by atoms with E-state index in [1.807, 2.05) is 0 Å². The number of carbonyl (C=O) groups excluding carboxylic acids is 2. The molecule has 3 N–H and O–H groups in total. The molecule has 4 saturated carbocycles. The number of aliphatic hydroxyl groups excluding tert-OH is 1. The third-order valence-corrected chi connectivity index (χ3v) is 13.4. The Bertz CT molecular complexity index is 1210. The summed E-state index contributed by atoms with van der Waals surface area (Å²) >= 11 is 0. The van der Waals surface area contributed by atoms with Crippen molar-refractivity contribution in [3.63, 3.8) is 0 Å². The molecular formula is C33H50N2O5S. The van der Waals surface area contributed by atoms with Crippen molar-refractivity contribution in [1.29, 1.82) is 0 Å². The van der Waals surface area contributed by atoms with Gasteiger partial charge in [-0.15, -0.1) is 0 Å². The number of sulfonamides is 1. The van der Waals surface area contributed by atoms with Crippen LogP contribution in [-0.2, 0) is 25.4 Å². The van der Waals surface area contributed by atoms with Crippen LogP contribution in [0, 0.1) is 46.3 Å². The van der Waals surface area contributed by atoms with E-state index in [9.17, 15) is 23.1 Å². The Morgan fingerprint density at radius 1 is 0.951 bits per heavy atom. The lowest BCUT2D eigenvalue weighted by atomic mass is 9.44. The van der Waals surface area contributed by atoms with Crippen LogP contribution in [-0.4, -0.2) is 38.0 Å². The summed E-state index contributed by atoms with van der Waals surface area (Å²) in [7, 11) is -3.82. The van der Waals surface area contributed by atoms with Gasteiger partial charge in [-0.05, 0) is 116 Å². The molecule has 41 heavy (non-hydrogen) atoms. The van der Waals surface area contributed by atoms with Crippen molar-refractivity contribution in [1.82, 2.24) is 10.0 Å². The van der Waals surface area contributed by atoms with Gasteiger partial charge in [0.1, 0.15) is 0 Å². The van der Waals surface area contributed by atoms with E-state index in [1.54, 1.807) is 30.3 Å². The molecule has 1 aromatic rings. The van der Waals surface area contributed by atoms with E-state index < -0.39 is 15.9 Å². The van der Waals surface area contributed by atoms with Crippen molar-refractivity contribution in [3.05, 3.63) is 35.9 Å². The molecule has 2 amide bonds. The highest BCUT2D eigenvalue weighted by Gasteiger charge is 2.60. The molecule has 9 unspecified atom stereocenters. The molecule has 1 aromatic carbocycles. The van der Waals surface area contributed by atoms with Gasteiger partial charge in [0, 0.05) is 6.42 Å². The zero-order chi connectivity index (χ0) is 29.4. The molecule has 4 aliphatic carbocycles. The van der Waals surface area contributed by atoms with Crippen LogP contribution in [0.2, 0.25) is 0 Å². The smallest absolute Gasteiger partial charge is 0.252 e. The quantitative estimate of drug-likeness (QED) is 0.369. The van der Waals surface area contributed by atoms with Gasteiger partial charge < -0.3 is 10.4 Å². The number of hydrogen-bond donors (Lipinski definition) is 3.